The summed E-state index contributed by atoms with van der Waals surface area (Å²) in [4.78, 5) is 31.5. The number of amides is 1. The first-order valence-corrected chi connectivity index (χ1v) is 11.2. The summed E-state index contributed by atoms with van der Waals surface area (Å²) >= 11 is 0. The van der Waals surface area contributed by atoms with Crippen molar-refractivity contribution in [3.8, 4) is 11.4 Å². The van der Waals surface area contributed by atoms with E-state index in [4.69, 9.17) is 4.74 Å². The predicted molar refractivity (Wildman–Crippen MR) is 117 cm³/mol. The van der Waals surface area contributed by atoms with E-state index >= 15 is 0 Å². The molecule has 34 heavy (non-hydrogen) atoms. The number of imidazole rings is 1. The van der Waals surface area contributed by atoms with E-state index in [1.807, 2.05) is 16.4 Å². The molecule has 180 valence electrons. The average Bonchev–Trinajstić information content (AvgIpc) is 3.58. The second-order valence-electron chi connectivity index (χ2n) is 8.48. The lowest BCUT2D eigenvalue weighted by Crippen LogP contribution is -2.36. The highest BCUT2D eigenvalue weighted by Crippen LogP contribution is 2.31. The number of halogens is 3. The summed E-state index contributed by atoms with van der Waals surface area (Å²) in [6, 6.07) is 2.31. The number of carbonyl (C=O) groups excluding carboxylic acids is 1. The van der Waals surface area contributed by atoms with E-state index in [9.17, 15) is 18.0 Å². The van der Waals surface area contributed by atoms with Crippen LogP contribution in [0.25, 0.3) is 22.6 Å². The molecule has 2 fully saturated rings. The van der Waals surface area contributed by atoms with Gasteiger partial charge in [-0.2, -0.15) is 13.2 Å². The molecule has 0 radical (unpaired) electrons. The van der Waals surface area contributed by atoms with Gasteiger partial charge in [-0.25, -0.2) is 15.0 Å². The first-order chi connectivity index (χ1) is 16.3. The van der Waals surface area contributed by atoms with Crippen LogP contribution >= 0.6 is 0 Å². The third-order valence-electron chi connectivity index (χ3n) is 6.28. The van der Waals surface area contributed by atoms with Crippen LogP contribution < -0.4 is 5.32 Å². The summed E-state index contributed by atoms with van der Waals surface area (Å²) < 4.78 is 45.9. The van der Waals surface area contributed by atoms with E-state index in [-0.39, 0.29) is 17.9 Å². The molecule has 1 N–H and O–H groups in total. The number of rotatable bonds is 5. The molecule has 0 bridgehead atoms. The minimum absolute atomic E-state index is 0.00679. The van der Waals surface area contributed by atoms with Gasteiger partial charge in [0, 0.05) is 44.0 Å². The molecule has 0 spiro atoms. The first kappa shape index (κ1) is 22.5. The SMILES string of the molecule is CCn1c(-c2ccc(C(F)(F)F)nc2)nc2c(N[C@H]3CCN(C(=O)C4CCOC4)C3)ncnc21. The maximum Gasteiger partial charge on any atom is 0.433 e. The number of alkyl halides is 3. The van der Waals surface area contributed by atoms with Gasteiger partial charge in [0.05, 0.1) is 12.5 Å². The molecule has 0 aliphatic carbocycles. The number of hydrogen-bond acceptors (Lipinski definition) is 7. The number of fused-ring (bicyclic) bond motifs is 1. The maximum absolute atomic E-state index is 12.9. The van der Waals surface area contributed by atoms with Crippen molar-refractivity contribution < 1.29 is 22.7 Å². The summed E-state index contributed by atoms with van der Waals surface area (Å²) in [7, 11) is 0. The molecular formula is C22H24F3N7O2. The van der Waals surface area contributed by atoms with Crippen molar-refractivity contribution in [3.63, 3.8) is 0 Å². The van der Waals surface area contributed by atoms with Crippen molar-refractivity contribution in [3.05, 3.63) is 30.4 Å². The fourth-order valence-corrected chi connectivity index (χ4v) is 4.51. The van der Waals surface area contributed by atoms with Gasteiger partial charge in [0.25, 0.3) is 0 Å². The van der Waals surface area contributed by atoms with E-state index in [1.54, 1.807) is 0 Å². The van der Waals surface area contributed by atoms with Crippen LogP contribution in [0.3, 0.4) is 0 Å². The molecule has 3 aromatic heterocycles. The number of anilines is 1. The number of nitrogens with zero attached hydrogens (tertiary/aromatic N) is 6. The highest BCUT2D eigenvalue weighted by Gasteiger charge is 2.34. The number of pyridine rings is 1. The number of carbonyl (C=O) groups is 1. The Morgan fingerprint density at radius 2 is 2.09 bits per heavy atom. The minimum Gasteiger partial charge on any atom is -0.381 e. The van der Waals surface area contributed by atoms with Crippen LogP contribution in [0.5, 0.6) is 0 Å². The quantitative estimate of drug-likeness (QED) is 0.606. The van der Waals surface area contributed by atoms with Gasteiger partial charge in [-0.05, 0) is 31.9 Å². The molecule has 2 aliphatic heterocycles. The molecule has 0 aromatic carbocycles. The van der Waals surface area contributed by atoms with Crippen molar-refractivity contribution in [1.82, 2.24) is 29.4 Å². The number of ether oxygens (including phenoxy) is 1. The van der Waals surface area contributed by atoms with Crippen molar-refractivity contribution in [2.24, 2.45) is 5.92 Å². The van der Waals surface area contributed by atoms with Crippen LogP contribution in [0.15, 0.2) is 24.7 Å². The van der Waals surface area contributed by atoms with E-state index in [1.165, 1.54) is 18.6 Å². The Kier molecular flexibility index (Phi) is 5.84. The lowest BCUT2D eigenvalue weighted by molar-refractivity contribution is -0.141. The predicted octanol–water partition coefficient (Wildman–Crippen LogP) is 2.98. The van der Waals surface area contributed by atoms with Gasteiger partial charge >= 0.3 is 6.18 Å². The Morgan fingerprint density at radius 3 is 2.76 bits per heavy atom. The Labute approximate surface area is 193 Å². The summed E-state index contributed by atoms with van der Waals surface area (Å²) in [5.74, 6) is 1.06. The fraction of sp³-hybridized carbons (Fsp3) is 0.500. The molecule has 1 unspecified atom stereocenters. The highest BCUT2D eigenvalue weighted by atomic mass is 19.4. The molecule has 2 atom stereocenters. The van der Waals surface area contributed by atoms with Crippen LogP contribution in [0.4, 0.5) is 19.0 Å². The van der Waals surface area contributed by atoms with Crippen LogP contribution in [-0.2, 0) is 22.3 Å². The third-order valence-corrected chi connectivity index (χ3v) is 6.28. The van der Waals surface area contributed by atoms with E-state index in [0.29, 0.717) is 61.2 Å². The first-order valence-electron chi connectivity index (χ1n) is 11.2. The van der Waals surface area contributed by atoms with Gasteiger partial charge in [-0.15, -0.1) is 0 Å². The highest BCUT2D eigenvalue weighted by molar-refractivity contribution is 5.86. The number of nitrogens with one attached hydrogen (secondary N) is 1. The van der Waals surface area contributed by atoms with Crippen LogP contribution in [0.1, 0.15) is 25.5 Å². The molecule has 2 saturated heterocycles. The smallest absolute Gasteiger partial charge is 0.381 e. The molecule has 0 saturated carbocycles. The van der Waals surface area contributed by atoms with E-state index < -0.39 is 11.9 Å². The van der Waals surface area contributed by atoms with Crippen molar-refractivity contribution >= 4 is 22.9 Å². The second-order valence-corrected chi connectivity index (χ2v) is 8.48. The van der Waals surface area contributed by atoms with Gasteiger partial charge in [0.15, 0.2) is 17.0 Å². The van der Waals surface area contributed by atoms with Crippen molar-refractivity contribution in [1.29, 1.82) is 0 Å². The standard InChI is InChI=1S/C22H24F3N7O2/c1-2-32-19(13-3-4-16(26-9-13)22(23,24)25)30-17-18(27-12-28-20(17)32)29-15-5-7-31(10-15)21(33)14-6-8-34-11-14/h3-4,9,12,14-15H,2,5-8,10-11H2,1H3,(H,27,28,29)/t14?,15-/m0/s1. The molecule has 1 amide bonds. The Hall–Kier alpha value is -3.28. The fourth-order valence-electron chi connectivity index (χ4n) is 4.51. The van der Waals surface area contributed by atoms with Gasteiger partial charge in [0.2, 0.25) is 5.91 Å². The number of aromatic nitrogens is 5. The summed E-state index contributed by atoms with van der Waals surface area (Å²) in [6.45, 7) is 4.75. The third kappa shape index (κ3) is 4.17. The topological polar surface area (TPSA) is 98.1 Å². The zero-order valence-electron chi connectivity index (χ0n) is 18.5. The summed E-state index contributed by atoms with van der Waals surface area (Å²) in [5, 5.41) is 3.39. The van der Waals surface area contributed by atoms with Gasteiger partial charge < -0.3 is 19.5 Å². The summed E-state index contributed by atoms with van der Waals surface area (Å²) in [6.07, 6.45) is -0.372. The van der Waals surface area contributed by atoms with Gasteiger partial charge in [0.1, 0.15) is 17.8 Å². The molecule has 3 aromatic rings. The summed E-state index contributed by atoms with van der Waals surface area (Å²) in [5.41, 5.74) is 0.592. The van der Waals surface area contributed by atoms with Crippen LogP contribution in [0.2, 0.25) is 0 Å². The largest absolute Gasteiger partial charge is 0.433 e. The number of hydrogen-bond donors (Lipinski definition) is 1. The monoisotopic (exact) mass is 475 g/mol. The second kappa shape index (κ2) is 8.82. The van der Waals surface area contributed by atoms with Crippen molar-refractivity contribution in [2.45, 2.75) is 38.5 Å². The van der Waals surface area contributed by atoms with Gasteiger partial charge in [-0.3, -0.25) is 9.78 Å². The minimum atomic E-state index is -4.51. The van der Waals surface area contributed by atoms with E-state index in [0.717, 1.165) is 18.9 Å². The molecule has 12 heteroatoms. The normalized spacial score (nSPS) is 20.9. The molecule has 5 heterocycles. The molecule has 9 nitrogen and oxygen atoms in total. The van der Waals surface area contributed by atoms with E-state index in [2.05, 4.69) is 25.3 Å². The van der Waals surface area contributed by atoms with Crippen LogP contribution in [0, 0.1) is 5.92 Å². The number of likely N-dealkylation sites (tertiary alicyclic amines) is 1. The Morgan fingerprint density at radius 1 is 1.24 bits per heavy atom. The number of aryl methyl sites for hydroxylation is 1. The van der Waals surface area contributed by atoms with Crippen molar-refractivity contribution in [2.75, 3.05) is 31.6 Å². The lowest BCUT2D eigenvalue weighted by atomic mass is 10.1. The lowest BCUT2D eigenvalue weighted by Gasteiger charge is -2.20. The Balaban J connectivity index is 1.39. The molecule has 5 rings (SSSR count). The zero-order chi connectivity index (χ0) is 23.9. The zero-order valence-corrected chi connectivity index (χ0v) is 18.5. The van der Waals surface area contributed by atoms with Gasteiger partial charge in [-0.1, -0.05) is 0 Å². The molecule has 2 aliphatic rings. The van der Waals surface area contributed by atoms with Crippen LogP contribution in [-0.4, -0.2) is 67.7 Å². The molecular weight excluding hydrogens is 451 g/mol. The Bertz CT molecular complexity index is 1190. The average molecular weight is 475 g/mol. The maximum atomic E-state index is 12.9.